The van der Waals surface area contributed by atoms with E-state index in [1.54, 1.807) is 17.0 Å². The predicted molar refractivity (Wildman–Crippen MR) is 110 cm³/mol. The maximum absolute atomic E-state index is 13.5. The number of aliphatic imine (C=N–C) groups is 1. The summed E-state index contributed by atoms with van der Waals surface area (Å²) >= 11 is 0. The van der Waals surface area contributed by atoms with Crippen LogP contribution in [0.15, 0.2) is 70.9 Å². The number of rotatable bonds is 5. The van der Waals surface area contributed by atoms with Crippen LogP contribution in [0.5, 0.6) is 0 Å². The third-order valence-electron chi connectivity index (χ3n) is 4.81. The summed E-state index contributed by atoms with van der Waals surface area (Å²) in [4.78, 5) is 19.2. The summed E-state index contributed by atoms with van der Waals surface area (Å²) in [5.41, 5.74) is 8.92. The van der Waals surface area contributed by atoms with E-state index in [9.17, 15) is 9.18 Å². The minimum Gasteiger partial charge on any atom is -0.400 e. The molecule has 0 spiro atoms. The molecular weight excluding hydrogens is 369 g/mol. The topological polar surface area (TPSA) is 94.5 Å². The van der Waals surface area contributed by atoms with Crippen molar-refractivity contribution in [3.8, 4) is 6.19 Å². The smallest absolute Gasteiger partial charge is 0.229 e. The lowest BCUT2D eigenvalue weighted by Gasteiger charge is -2.36. The number of benzene rings is 2. The highest BCUT2D eigenvalue weighted by molar-refractivity contribution is 6.13. The number of carbonyl (C=O) groups is 1. The van der Waals surface area contributed by atoms with Crippen LogP contribution in [0.2, 0.25) is 0 Å². The molecule has 2 aromatic rings. The minimum absolute atomic E-state index is 0.0821. The molecule has 3 rings (SSSR count). The highest BCUT2D eigenvalue weighted by atomic mass is 19.1. The summed E-state index contributed by atoms with van der Waals surface area (Å²) in [5, 5.41) is 11.5. The molecule has 1 heterocycles. The Kier molecular flexibility index (Phi) is 6.25. The van der Waals surface area contributed by atoms with Gasteiger partial charge in [0.05, 0.1) is 12.2 Å². The number of likely N-dealkylation sites (N-methyl/N-ethyl adjacent to an activating group) is 1. The predicted octanol–water partition coefficient (Wildman–Crippen LogP) is 3.18. The van der Waals surface area contributed by atoms with Crippen molar-refractivity contribution in [2.45, 2.75) is 19.3 Å². The SMILES string of the molecule is CCN1C(=O)CC(c2ccc(F)cc2)/C(=C(/N)CNC#N)C1=Nc1ccccc1. The number of para-hydroxylation sites is 1. The first-order valence-electron chi connectivity index (χ1n) is 9.35. The summed E-state index contributed by atoms with van der Waals surface area (Å²) in [6.45, 7) is 2.43. The molecule has 0 aliphatic carbocycles. The van der Waals surface area contributed by atoms with Crippen LogP contribution in [0, 0.1) is 17.3 Å². The van der Waals surface area contributed by atoms with Crippen molar-refractivity contribution in [1.29, 1.82) is 5.26 Å². The number of amides is 1. The van der Waals surface area contributed by atoms with Crippen molar-refractivity contribution >= 4 is 17.4 Å². The molecule has 1 fully saturated rings. The maximum atomic E-state index is 13.5. The van der Waals surface area contributed by atoms with Gasteiger partial charge in [0.2, 0.25) is 5.91 Å². The molecule has 3 N–H and O–H groups in total. The van der Waals surface area contributed by atoms with Crippen LogP contribution in [-0.4, -0.2) is 29.7 Å². The molecule has 0 aromatic heterocycles. The number of halogens is 1. The van der Waals surface area contributed by atoms with Crippen LogP contribution in [0.3, 0.4) is 0 Å². The molecule has 7 heteroatoms. The number of piperidine rings is 1. The first-order chi connectivity index (χ1) is 14.0. The number of amidine groups is 1. The zero-order chi connectivity index (χ0) is 20.8. The Morgan fingerprint density at radius 1 is 1.28 bits per heavy atom. The van der Waals surface area contributed by atoms with Crippen molar-refractivity contribution in [3.63, 3.8) is 0 Å². The summed E-state index contributed by atoms with van der Waals surface area (Å²) in [7, 11) is 0. The van der Waals surface area contributed by atoms with Crippen LogP contribution >= 0.6 is 0 Å². The van der Waals surface area contributed by atoms with Gasteiger partial charge >= 0.3 is 0 Å². The number of hydrogen-bond acceptors (Lipinski definition) is 5. The van der Waals surface area contributed by atoms with Gasteiger partial charge in [-0.05, 0) is 36.8 Å². The largest absolute Gasteiger partial charge is 0.400 e. The van der Waals surface area contributed by atoms with Crippen LogP contribution in [0.1, 0.15) is 24.8 Å². The van der Waals surface area contributed by atoms with Crippen LogP contribution < -0.4 is 11.1 Å². The highest BCUT2D eigenvalue weighted by Crippen LogP contribution is 2.36. The normalized spacial score (nSPS) is 19.8. The van der Waals surface area contributed by atoms with E-state index in [0.717, 1.165) is 5.56 Å². The molecular formula is C22H22FN5O. The lowest BCUT2D eigenvalue weighted by atomic mass is 9.82. The second kappa shape index (κ2) is 9.02. The first kappa shape index (κ1) is 20.1. The highest BCUT2D eigenvalue weighted by Gasteiger charge is 2.37. The second-order valence-corrected chi connectivity index (χ2v) is 6.62. The summed E-state index contributed by atoms with van der Waals surface area (Å²) in [6, 6.07) is 15.3. The number of nitrogens with one attached hydrogen (secondary N) is 1. The molecule has 2 aromatic carbocycles. The minimum atomic E-state index is -0.381. The van der Waals surface area contributed by atoms with E-state index >= 15 is 0 Å². The number of likely N-dealkylation sites (tertiary alicyclic amines) is 1. The van der Waals surface area contributed by atoms with Crippen molar-refractivity contribution in [2.24, 2.45) is 10.7 Å². The maximum Gasteiger partial charge on any atom is 0.229 e. The fourth-order valence-corrected chi connectivity index (χ4v) is 3.45. The summed E-state index contributed by atoms with van der Waals surface area (Å²) < 4.78 is 13.5. The average Bonchev–Trinajstić information content (AvgIpc) is 2.73. The molecule has 0 bridgehead atoms. The average molecular weight is 391 g/mol. The Labute approximate surface area is 169 Å². The third-order valence-corrected chi connectivity index (χ3v) is 4.81. The van der Waals surface area contributed by atoms with Gasteiger partial charge in [0, 0.05) is 30.2 Å². The Morgan fingerprint density at radius 3 is 2.59 bits per heavy atom. The second-order valence-electron chi connectivity index (χ2n) is 6.62. The van der Waals surface area contributed by atoms with Gasteiger partial charge < -0.3 is 11.1 Å². The quantitative estimate of drug-likeness (QED) is 0.605. The van der Waals surface area contributed by atoms with Gasteiger partial charge in [0.15, 0.2) is 6.19 Å². The van der Waals surface area contributed by atoms with Crippen molar-refractivity contribution < 1.29 is 9.18 Å². The molecule has 1 saturated heterocycles. The Hall–Kier alpha value is -3.66. The number of nitriles is 1. The zero-order valence-corrected chi connectivity index (χ0v) is 16.1. The van der Waals surface area contributed by atoms with Crippen LogP contribution in [-0.2, 0) is 4.79 Å². The molecule has 148 valence electrons. The van der Waals surface area contributed by atoms with Gasteiger partial charge in [-0.2, -0.15) is 5.26 Å². The van der Waals surface area contributed by atoms with Crippen molar-refractivity contribution in [1.82, 2.24) is 10.2 Å². The lowest BCUT2D eigenvalue weighted by molar-refractivity contribution is -0.128. The molecule has 1 atom stereocenters. The van der Waals surface area contributed by atoms with Crippen molar-refractivity contribution in [3.05, 3.63) is 77.2 Å². The fraction of sp³-hybridized carbons (Fsp3) is 0.227. The first-order valence-corrected chi connectivity index (χ1v) is 9.35. The van der Waals surface area contributed by atoms with E-state index in [2.05, 4.69) is 5.32 Å². The van der Waals surface area contributed by atoms with E-state index in [-0.39, 0.29) is 30.6 Å². The van der Waals surface area contributed by atoms with Gasteiger partial charge in [-0.15, -0.1) is 0 Å². The van der Waals surface area contributed by atoms with E-state index < -0.39 is 0 Å². The van der Waals surface area contributed by atoms with Gasteiger partial charge in [0.1, 0.15) is 11.7 Å². The van der Waals surface area contributed by atoms with Gasteiger partial charge in [0.25, 0.3) is 0 Å². The Bertz CT molecular complexity index is 977. The molecule has 1 aliphatic rings. The summed E-state index contributed by atoms with van der Waals surface area (Å²) in [6.07, 6.45) is 2.05. The third kappa shape index (κ3) is 4.43. The number of nitrogens with zero attached hydrogens (tertiary/aromatic N) is 3. The fourth-order valence-electron chi connectivity index (χ4n) is 3.45. The molecule has 0 saturated carbocycles. The molecule has 1 unspecified atom stereocenters. The number of carbonyl (C=O) groups excluding carboxylic acids is 1. The number of nitrogens with two attached hydrogens (primary N) is 1. The Morgan fingerprint density at radius 2 is 1.97 bits per heavy atom. The van der Waals surface area contributed by atoms with E-state index in [1.165, 1.54) is 12.1 Å². The lowest BCUT2D eigenvalue weighted by Crippen LogP contribution is -2.45. The Balaban J connectivity index is 2.19. The zero-order valence-electron chi connectivity index (χ0n) is 16.1. The van der Waals surface area contributed by atoms with Crippen LogP contribution in [0.4, 0.5) is 10.1 Å². The van der Waals surface area contributed by atoms with Crippen LogP contribution in [0.25, 0.3) is 0 Å². The van der Waals surface area contributed by atoms with Gasteiger partial charge in [-0.3, -0.25) is 9.69 Å². The van der Waals surface area contributed by atoms with E-state index in [4.69, 9.17) is 16.0 Å². The molecule has 6 nitrogen and oxygen atoms in total. The van der Waals surface area contributed by atoms with Gasteiger partial charge in [-0.25, -0.2) is 9.38 Å². The van der Waals surface area contributed by atoms with Crippen molar-refractivity contribution in [2.75, 3.05) is 13.1 Å². The number of hydrogen-bond donors (Lipinski definition) is 2. The molecule has 29 heavy (non-hydrogen) atoms. The molecule has 1 amide bonds. The molecule has 0 radical (unpaired) electrons. The molecule has 1 aliphatic heterocycles. The monoisotopic (exact) mass is 391 g/mol. The van der Waals surface area contributed by atoms with E-state index in [1.807, 2.05) is 43.4 Å². The van der Waals surface area contributed by atoms with Gasteiger partial charge in [-0.1, -0.05) is 30.3 Å². The summed E-state index contributed by atoms with van der Waals surface area (Å²) in [5.74, 6) is -0.356. The standard InChI is InChI=1S/C22H22FN5O/c1-2-28-20(29)12-18(15-8-10-16(23)11-9-15)21(19(25)13-26-14-24)22(28)27-17-6-4-3-5-7-17/h3-11,18,26H,2,12-13,25H2,1H3/b21-19-,27-22?. The van der Waals surface area contributed by atoms with E-state index in [0.29, 0.717) is 29.3 Å².